The van der Waals surface area contributed by atoms with Crippen molar-refractivity contribution in [2.45, 2.75) is 30.6 Å². The Labute approximate surface area is 155 Å². The highest BCUT2D eigenvalue weighted by Gasteiger charge is 2.37. The molecule has 2 heterocycles. The molecule has 6 nitrogen and oxygen atoms in total. The molecule has 3 rings (SSSR count). The molecule has 1 aliphatic heterocycles. The van der Waals surface area contributed by atoms with E-state index in [1.54, 1.807) is 16.7 Å². The monoisotopic (exact) mass is 376 g/mol. The number of nitrogens with zero attached hydrogens (tertiary/aromatic N) is 3. The largest absolute Gasteiger partial charge is 0.335 e. The van der Waals surface area contributed by atoms with Gasteiger partial charge in [-0.3, -0.25) is 9.59 Å². The van der Waals surface area contributed by atoms with Crippen LogP contribution in [-0.4, -0.2) is 39.2 Å². The number of nitrogens with one attached hydrogen (secondary N) is 1. The van der Waals surface area contributed by atoms with Crippen LogP contribution in [0.5, 0.6) is 0 Å². The second kappa shape index (κ2) is 7.97. The number of carbonyl (C=O) groups is 2. The molecule has 8 heteroatoms. The standard InChI is InChI=1S/C17H20N4O2S2/c1-3-24-17-20-19-16(25-17)18-15(23)13-9-14(22)21(10-13)11(2)12-7-5-4-6-8-12/h4-8,11,13H,3,9-10H2,1-2H3,(H,18,19,23)/t11-,13-/m0/s1. The van der Waals surface area contributed by atoms with E-state index in [9.17, 15) is 9.59 Å². The lowest BCUT2D eigenvalue weighted by Crippen LogP contribution is -2.30. The fourth-order valence-corrected chi connectivity index (χ4v) is 4.49. The van der Waals surface area contributed by atoms with Crippen LogP contribution >= 0.6 is 23.1 Å². The normalized spacial score (nSPS) is 18.4. The molecule has 2 aromatic rings. The number of thioether (sulfide) groups is 1. The van der Waals surface area contributed by atoms with Gasteiger partial charge in [0.1, 0.15) is 0 Å². The van der Waals surface area contributed by atoms with Gasteiger partial charge >= 0.3 is 0 Å². The minimum absolute atomic E-state index is 0.0102. The van der Waals surface area contributed by atoms with Gasteiger partial charge in [0, 0.05) is 13.0 Å². The molecule has 0 aliphatic carbocycles. The summed E-state index contributed by atoms with van der Waals surface area (Å²) in [4.78, 5) is 26.6. The van der Waals surface area contributed by atoms with Gasteiger partial charge in [0.2, 0.25) is 16.9 Å². The summed E-state index contributed by atoms with van der Waals surface area (Å²) in [6.07, 6.45) is 0.235. The van der Waals surface area contributed by atoms with Crippen molar-refractivity contribution in [3.63, 3.8) is 0 Å². The summed E-state index contributed by atoms with van der Waals surface area (Å²) in [6, 6.07) is 9.82. The summed E-state index contributed by atoms with van der Waals surface area (Å²) in [5.74, 6) is 0.396. The Morgan fingerprint density at radius 2 is 2.16 bits per heavy atom. The molecule has 1 aliphatic rings. The molecule has 0 spiro atoms. The van der Waals surface area contributed by atoms with Crippen molar-refractivity contribution in [3.8, 4) is 0 Å². The summed E-state index contributed by atoms with van der Waals surface area (Å²) in [5, 5.41) is 11.3. The number of likely N-dealkylation sites (tertiary alicyclic amines) is 1. The van der Waals surface area contributed by atoms with Crippen LogP contribution in [0, 0.1) is 5.92 Å². The van der Waals surface area contributed by atoms with Gasteiger partial charge in [0.05, 0.1) is 12.0 Å². The lowest BCUT2D eigenvalue weighted by molar-refractivity contribution is -0.129. The molecule has 25 heavy (non-hydrogen) atoms. The lowest BCUT2D eigenvalue weighted by atomic mass is 10.1. The average Bonchev–Trinajstić information content (AvgIpc) is 3.22. The zero-order valence-corrected chi connectivity index (χ0v) is 15.8. The van der Waals surface area contributed by atoms with Crippen LogP contribution < -0.4 is 5.32 Å². The topological polar surface area (TPSA) is 75.2 Å². The van der Waals surface area contributed by atoms with E-state index >= 15 is 0 Å². The SMILES string of the molecule is CCSc1nnc(NC(=O)[C@H]2CC(=O)N([C@@H](C)c3ccccc3)C2)s1. The molecule has 1 N–H and O–H groups in total. The fourth-order valence-electron chi connectivity index (χ4n) is 2.84. The first-order chi connectivity index (χ1) is 12.1. The van der Waals surface area contributed by atoms with Crippen molar-refractivity contribution in [2.24, 2.45) is 5.92 Å². The van der Waals surface area contributed by atoms with Crippen molar-refractivity contribution in [2.75, 3.05) is 17.6 Å². The molecule has 2 amide bonds. The Hall–Kier alpha value is -1.93. The van der Waals surface area contributed by atoms with Gasteiger partial charge in [0.15, 0.2) is 4.34 Å². The number of benzene rings is 1. The van der Waals surface area contributed by atoms with Gasteiger partial charge in [-0.2, -0.15) is 0 Å². The number of carbonyl (C=O) groups excluding carboxylic acids is 2. The minimum atomic E-state index is -0.357. The van der Waals surface area contributed by atoms with E-state index in [2.05, 4.69) is 15.5 Å². The Kier molecular flexibility index (Phi) is 5.70. The van der Waals surface area contributed by atoms with Gasteiger partial charge < -0.3 is 10.2 Å². The third kappa shape index (κ3) is 4.19. The van der Waals surface area contributed by atoms with Crippen molar-refractivity contribution in [1.82, 2.24) is 15.1 Å². The van der Waals surface area contributed by atoms with Crippen LogP contribution in [0.4, 0.5) is 5.13 Å². The molecule has 1 fully saturated rings. The second-order valence-electron chi connectivity index (χ2n) is 5.83. The molecule has 0 bridgehead atoms. The molecule has 2 atom stereocenters. The third-order valence-electron chi connectivity index (χ3n) is 4.18. The number of rotatable bonds is 6. The first-order valence-electron chi connectivity index (χ1n) is 8.20. The predicted octanol–water partition coefficient (Wildman–Crippen LogP) is 3.20. The third-order valence-corrected chi connectivity index (χ3v) is 6.04. The van der Waals surface area contributed by atoms with E-state index in [0.717, 1.165) is 15.7 Å². The maximum atomic E-state index is 12.5. The van der Waals surface area contributed by atoms with Gasteiger partial charge in [0.25, 0.3) is 0 Å². The summed E-state index contributed by atoms with van der Waals surface area (Å²) >= 11 is 2.95. The molecule has 1 aromatic carbocycles. The van der Waals surface area contributed by atoms with E-state index in [-0.39, 0.29) is 30.2 Å². The second-order valence-corrected chi connectivity index (χ2v) is 8.32. The first-order valence-corrected chi connectivity index (χ1v) is 10.00. The van der Waals surface area contributed by atoms with Crippen molar-refractivity contribution < 1.29 is 9.59 Å². The zero-order chi connectivity index (χ0) is 17.8. The molecular formula is C17H20N4O2S2. The van der Waals surface area contributed by atoms with Gasteiger partial charge in [-0.1, -0.05) is 60.4 Å². The molecule has 1 saturated heterocycles. The fraction of sp³-hybridized carbons (Fsp3) is 0.412. The molecule has 0 saturated carbocycles. The maximum Gasteiger partial charge on any atom is 0.231 e. The van der Waals surface area contributed by atoms with E-state index in [1.807, 2.05) is 44.2 Å². The quantitative estimate of drug-likeness (QED) is 0.619. The summed E-state index contributed by atoms with van der Waals surface area (Å²) in [6.45, 7) is 4.46. The van der Waals surface area contributed by atoms with E-state index in [4.69, 9.17) is 0 Å². The van der Waals surface area contributed by atoms with Crippen molar-refractivity contribution in [1.29, 1.82) is 0 Å². The van der Waals surface area contributed by atoms with Gasteiger partial charge in [-0.05, 0) is 18.2 Å². The molecule has 0 unspecified atom stereocenters. The highest BCUT2D eigenvalue weighted by Crippen LogP contribution is 2.30. The van der Waals surface area contributed by atoms with E-state index < -0.39 is 0 Å². The van der Waals surface area contributed by atoms with E-state index in [1.165, 1.54) is 11.3 Å². The highest BCUT2D eigenvalue weighted by molar-refractivity contribution is 8.01. The summed E-state index contributed by atoms with van der Waals surface area (Å²) in [7, 11) is 0. The lowest BCUT2D eigenvalue weighted by Gasteiger charge is -2.25. The number of anilines is 1. The minimum Gasteiger partial charge on any atom is -0.335 e. The van der Waals surface area contributed by atoms with Gasteiger partial charge in [-0.15, -0.1) is 10.2 Å². The zero-order valence-electron chi connectivity index (χ0n) is 14.1. The van der Waals surface area contributed by atoms with Crippen LogP contribution in [0.3, 0.4) is 0 Å². The van der Waals surface area contributed by atoms with Crippen LogP contribution in [0.25, 0.3) is 0 Å². The number of amides is 2. The molecule has 0 radical (unpaired) electrons. The van der Waals surface area contributed by atoms with Gasteiger partial charge in [-0.25, -0.2) is 0 Å². The van der Waals surface area contributed by atoms with Crippen LogP contribution in [0.2, 0.25) is 0 Å². The number of hydrogen-bond donors (Lipinski definition) is 1. The Balaban J connectivity index is 1.62. The summed E-state index contributed by atoms with van der Waals surface area (Å²) < 4.78 is 0.833. The average molecular weight is 377 g/mol. The van der Waals surface area contributed by atoms with Crippen LogP contribution in [-0.2, 0) is 9.59 Å². The number of hydrogen-bond acceptors (Lipinski definition) is 6. The van der Waals surface area contributed by atoms with Crippen molar-refractivity contribution >= 4 is 40.0 Å². The van der Waals surface area contributed by atoms with E-state index in [0.29, 0.717) is 11.7 Å². The first kappa shape index (κ1) is 17.9. The van der Waals surface area contributed by atoms with Crippen LogP contribution in [0.1, 0.15) is 31.9 Å². The molecule has 132 valence electrons. The Morgan fingerprint density at radius 1 is 1.40 bits per heavy atom. The Bertz CT molecular complexity index is 750. The predicted molar refractivity (Wildman–Crippen MR) is 99.6 cm³/mol. The maximum absolute atomic E-state index is 12.5. The summed E-state index contributed by atoms with van der Waals surface area (Å²) in [5.41, 5.74) is 1.07. The molecule has 1 aromatic heterocycles. The molecular weight excluding hydrogens is 356 g/mol. The van der Waals surface area contributed by atoms with Crippen molar-refractivity contribution in [3.05, 3.63) is 35.9 Å². The Morgan fingerprint density at radius 3 is 2.88 bits per heavy atom. The smallest absolute Gasteiger partial charge is 0.231 e. The highest BCUT2D eigenvalue weighted by atomic mass is 32.2. The number of aromatic nitrogens is 2. The van der Waals surface area contributed by atoms with Crippen LogP contribution in [0.15, 0.2) is 34.7 Å².